The molecule has 3 fully saturated rings. The Morgan fingerprint density at radius 1 is 1.33 bits per heavy atom. The van der Waals surface area contributed by atoms with Crippen molar-refractivity contribution in [1.82, 2.24) is 10.2 Å². The largest absolute Gasteiger partial charge is 0.375 e. The summed E-state index contributed by atoms with van der Waals surface area (Å²) < 4.78 is 11.4. The lowest BCUT2D eigenvalue weighted by molar-refractivity contribution is -0.125. The Balaban J connectivity index is 1.25. The van der Waals surface area contributed by atoms with Gasteiger partial charge in [0.15, 0.2) is 0 Å². The summed E-state index contributed by atoms with van der Waals surface area (Å²) in [5.74, 6) is 0.993. The molecular formula is C22H32N2O3. The summed E-state index contributed by atoms with van der Waals surface area (Å²) in [6.45, 7) is 4.21. The summed E-state index contributed by atoms with van der Waals surface area (Å²) in [5, 5.41) is 3.04. The van der Waals surface area contributed by atoms with E-state index in [4.69, 9.17) is 9.47 Å². The van der Waals surface area contributed by atoms with Gasteiger partial charge in [0.1, 0.15) is 6.61 Å². The predicted octanol–water partition coefficient (Wildman–Crippen LogP) is 2.25. The molecule has 1 spiro atoms. The van der Waals surface area contributed by atoms with Crippen molar-refractivity contribution in [2.24, 2.45) is 11.8 Å². The first-order valence-corrected chi connectivity index (χ1v) is 10.4. The van der Waals surface area contributed by atoms with Crippen LogP contribution in [0.3, 0.4) is 0 Å². The Hall–Kier alpha value is -1.43. The second-order valence-electron chi connectivity index (χ2n) is 8.45. The topological polar surface area (TPSA) is 50.8 Å². The number of nitrogens with zero attached hydrogens (tertiary/aromatic N) is 1. The molecule has 3 aliphatic heterocycles. The highest BCUT2D eigenvalue weighted by Crippen LogP contribution is 2.54. The number of hydrogen-bond donors (Lipinski definition) is 1. The average Bonchev–Trinajstić information content (AvgIpc) is 3.33. The van der Waals surface area contributed by atoms with Crippen LogP contribution < -0.4 is 5.32 Å². The second-order valence-corrected chi connectivity index (χ2v) is 8.45. The lowest BCUT2D eigenvalue weighted by Gasteiger charge is -2.29. The van der Waals surface area contributed by atoms with Crippen LogP contribution in [0.15, 0.2) is 30.3 Å². The van der Waals surface area contributed by atoms with E-state index >= 15 is 0 Å². The smallest absolute Gasteiger partial charge is 0.245 e. The third-order valence-corrected chi connectivity index (χ3v) is 6.70. The van der Waals surface area contributed by atoms with E-state index in [1.165, 1.54) is 24.8 Å². The predicted molar refractivity (Wildman–Crippen MR) is 105 cm³/mol. The molecule has 27 heavy (non-hydrogen) atoms. The number of rotatable bonds is 9. The Kier molecular flexibility index (Phi) is 5.81. The molecule has 1 amide bonds. The molecule has 2 bridgehead atoms. The zero-order valence-electron chi connectivity index (χ0n) is 16.4. The number of fused-ring (bicyclic) bond motifs is 1. The summed E-state index contributed by atoms with van der Waals surface area (Å²) >= 11 is 0. The molecule has 0 aromatic heterocycles. The van der Waals surface area contributed by atoms with Gasteiger partial charge in [-0.2, -0.15) is 0 Å². The van der Waals surface area contributed by atoms with Gasteiger partial charge in [-0.05, 0) is 44.2 Å². The highest BCUT2D eigenvalue weighted by molar-refractivity contribution is 5.77. The summed E-state index contributed by atoms with van der Waals surface area (Å²) in [6, 6.07) is 10.8. The van der Waals surface area contributed by atoms with Gasteiger partial charge in [-0.25, -0.2) is 0 Å². The van der Waals surface area contributed by atoms with Crippen LogP contribution in [0.4, 0.5) is 0 Å². The number of nitrogens with one attached hydrogen (secondary N) is 1. The highest BCUT2D eigenvalue weighted by atomic mass is 16.5. The lowest BCUT2D eigenvalue weighted by Crippen LogP contribution is -2.42. The molecule has 1 N–H and O–H groups in total. The molecule has 5 nitrogen and oxygen atoms in total. The molecule has 0 aliphatic carbocycles. The van der Waals surface area contributed by atoms with Gasteiger partial charge in [0.25, 0.3) is 0 Å². The van der Waals surface area contributed by atoms with Crippen molar-refractivity contribution < 1.29 is 14.3 Å². The van der Waals surface area contributed by atoms with Gasteiger partial charge in [-0.3, -0.25) is 4.79 Å². The number of unbranched alkanes of at least 4 members (excludes halogenated alkanes) is 1. The number of methoxy groups -OCH3 is 1. The van der Waals surface area contributed by atoms with Crippen LogP contribution in [-0.2, 0) is 20.7 Å². The van der Waals surface area contributed by atoms with Crippen molar-refractivity contribution in [2.45, 2.75) is 43.8 Å². The highest BCUT2D eigenvalue weighted by Gasteiger charge is 2.62. The fourth-order valence-electron chi connectivity index (χ4n) is 5.45. The van der Waals surface area contributed by atoms with Gasteiger partial charge in [0.2, 0.25) is 5.91 Å². The van der Waals surface area contributed by atoms with Gasteiger partial charge in [0, 0.05) is 38.6 Å². The van der Waals surface area contributed by atoms with E-state index in [-0.39, 0.29) is 18.1 Å². The number of carbonyl (C=O) groups excluding carboxylic acids is 1. The Morgan fingerprint density at radius 3 is 3.00 bits per heavy atom. The van der Waals surface area contributed by atoms with Crippen molar-refractivity contribution in [3.05, 3.63) is 35.9 Å². The molecule has 0 radical (unpaired) electrons. The Bertz CT molecular complexity index is 638. The van der Waals surface area contributed by atoms with Crippen LogP contribution in [0.25, 0.3) is 0 Å². The molecule has 3 heterocycles. The monoisotopic (exact) mass is 372 g/mol. The number of hydrogen-bond acceptors (Lipinski definition) is 4. The molecule has 3 aliphatic rings. The molecule has 3 saturated heterocycles. The minimum Gasteiger partial charge on any atom is -0.375 e. The number of amides is 1. The summed E-state index contributed by atoms with van der Waals surface area (Å²) in [7, 11) is 1.56. The normalized spacial score (nSPS) is 32.0. The van der Waals surface area contributed by atoms with E-state index in [1.54, 1.807) is 7.11 Å². The summed E-state index contributed by atoms with van der Waals surface area (Å²) in [4.78, 5) is 14.4. The molecule has 148 valence electrons. The minimum atomic E-state index is -0.0231. The molecule has 1 aromatic rings. The van der Waals surface area contributed by atoms with Crippen LogP contribution in [-0.4, -0.2) is 62.4 Å². The molecule has 0 saturated carbocycles. The van der Waals surface area contributed by atoms with E-state index in [9.17, 15) is 4.79 Å². The number of benzene rings is 1. The van der Waals surface area contributed by atoms with Crippen LogP contribution in [0, 0.1) is 11.8 Å². The third kappa shape index (κ3) is 4.05. The number of aryl methyl sites for hydroxylation is 1. The van der Waals surface area contributed by atoms with E-state index in [0.29, 0.717) is 17.9 Å². The van der Waals surface area contributed by atoms with Gasteiger partial charge < -0.3 is 19.7 Å². The summed E-state index contributed by atoms with van der Waals surface area (Å²) in [5.41, 5.74) is 1.49. The quantitative estimate of drug-likeness (QED) is 0.676. The first kappa shape index (κ1) is 18.9. The molecule has 0 unspecified atom stereocenters. The van der Waals surface area contributed by atoms with Gasteiger partial charge in [-0.15, -0.1) is 0 Å². The van der Waals surface area contributed by atoms with Gasteiger partial charge in [0.05, 0.1) is 11.7 Å². The lowest BCUT2D eigenvalue weighted by atomic mass is 9.73. The van der Waals surface area contributed by atoms with Crippen molar-refractivity contribution in [1.29, 1.82) is 0 Å². The number of ether oxygens (including phenoxy) is 2. The number of likely N-dealkylation sites (tertiary alicyclic amines) is 1. The standard InChI is InChI=1S/C22H32N2O3/c1-26-15-21(25)23-13-18-19-14-24(16-22(19)11-10-20(18)27-22)12-6-5-9-17-7-3-2-4-8-17/h2-4,7-8,18-20H,5-6,9-16H2,1H3,(H,23,25)/t18-,19+,20+,22+/m0/s1. The molecule has 5 heteroatoms. The van der Waals surface area contributed by atoms with E-state index in [2.05, 4.69) is 40.5 Å². The first-order valence-electron chi connectivity index (χ1n) is 10.4. The minimum absolute atomic E-state index is 0.0231. The molecule has 4 atom stereocenters. The zero-order chi connectivity index (χ0) is 18.7. The van der Waals surface area contributed by atoms with Crippen molar-refractivity contribution in [2.75, 3.05) is 39.9 Å². The molecular weight excluding hydrogens is 340 g/mol. The average molecular weight is 373 g/mol. The zero-order valence-corrected chi connectivity index (χ0v) is 16.4. The van der Waals surface area contributed by atoms with Crippen LogP contribution in [0.2, 0.25) is 0 Å². The summed E-state index contributed by atoms with van der Waals surface area (Å²) in [6.07, 6.45) is 6.29. The van der Waals surface area contributed by atoms with E-state index in [0.717, 1.165) is 39.0 Å². The van der Waals surface area contributed by atoms with Crippen LogP contribution in [0.5, 0.6) is 0 Å². The maximum absolute atomic E-state index is 11.8. The van der Waals surface area contributed by atoms with Crippen molar-refractivity contribution in [3.63, 3.8) is 0 Å². The molecule has 4 rings (SSSR count). The van der Waals surface area contributed by atoms with Crippen LogP contribution in [0.1, 0.15) is 31.2 Å². The van der Waals surface area contributed by atoms with Gasteiger partial charge in [-0.1, -0.05) is 30.3 Å². The van der Waals surface area contributed by atoms with Gasteiger partial charge >= 0.3 is 0 Å². The van der Waals surface area contributed by atoms with Crippen molar-refractivity contribution >= 4 is 5.91 Å². The van der Waals surface area contributed by atoms with Crippen molar-refractivity contribution in [3.8, 4) is 0 Å². The maximum Gasteiger partial charge on any atom is 0.245 e. The SMILES string of the molecule is COCC(=O)NC[C@H]1[C@H]2CN(CCCCc3ccccc3)C[C@]23CC[C@H]1O3. The third-order valence-electron chi connectivity index (χ3n) is 6.70. The Morgan fingerprint density at radius 2 is 2.19 bits per heavy atom. The maximum atomic E-state index is 11.8. The van der Waals surface area contributed by atoms with Crippen LogP contribution >= 0.6 is 0 Å². The second kappa shape index (κ2) is 8.29. The first-order chi connectivity index (χ1) is 13.2. The Labute approximate surface area is 162 Å². The van der Waals surface area contributed by atoms with E-state index in [1.807, 2.05) is 0 Å². The van der Waals surface area contributed by atoms with E-state index < -0.39 is 0 Å². The fourth-order valence-corrected chi connectivity index (χ4v) is 5.45. The number of carbonyl (C=O) groups is 1. The molecule has 1 aromatic carbocycles. The fraction of sp³-hybridized carbons (Fsp3) is 0.682.